The molecule has 60 valence electrons. The Morgan fingerprint density at radius 2 is 2.42 bits per heavy atom. The fourth-order valence-electron chi connectivity index (χ4n) is 0.734. The quantitative estimate of drug-likeness (QED) is 0.573. The number of carboxylic acid groups (broad SMARTS) is 1. The van der Waals surface area contributed by atoms with Gasteiger partial charge in [-0.25, -0.2) is 4.79 Å². The van der Waals surface area contributed by atoms with Crippen LogP contribution in [0.1, 0.15) is 11.1 Å². The van der Waals surface area contributed by atoms with E-state index in [1.165, 1.54) is 0 Å². The Balaban J connectivity index is 2.99. The molecule has 0 aliphatic heterocycles. The number of aliphatic carboxylic acids is 1. The minimum atomic E-state index is -1.12. The van der Waals surface area contributed by atoms with E-state index in [0.717, 1.165) is 5.56 Å². The molecule has 0 bridgehead atoms. The number of aromatic nitrogens is 1. The zero-order valence-electron chi connectivity index (χ0n) is 6.53. The summed E-state index contributed by atoms with van der Waals surface area (Å²) in [6.07, 6.45) is 3.23. The van der Waals surface area contributed by atoms with Crippen LogP contribution in [0.2, 0.25) is 0 Å². The van der Waals surface area contributed by atoms with E-state index >= 15 is 0 Å². The highest BCUT2D eigenvalue weighted by atomic mass is 16.4. The Bertz CT molecular complexity index is 360. The second-order valence-corrected chi connectivity index (χ2v) is 2.25. The number of hydrogen-bond acceptors (Lipinski definition) is 2. The van der Waals surface area contributed by atoms with Crippen molar-refractivity contribution in [3.05, 3.63) is 29.6 Å². The highest BCUT2D eigenvalue weighted by molar-refractivity contribution is 5.87. The minimum absolute atomic E-state index is 0.701. The van der Waals surface area contributed by atoms with Crippen LogP contribution in [0, 0.1) is 18.8 Å². The zero-order chi connectivity index (χ0) is 8.97. The topological polar surface area (TPSA) is 50.2 Å². The maximum atomic E-state index is 10.1. The fourth-order valence-corrected chi connectivity index (χ4v) is 0.734. The highest BCUT2D eigenvalue weighted by Gasteiger charge is 1.92. The first-order valence-corrected chi connectivity index (χ1v) is 3.35. The molecule has 0 aromatic carbocycles. The molecule has 0 amide bonds. The van der Waals surface area contributed by atoms with Crippen molar-refractivity contribution in [1.29, 1.82) is 0 Å². The molecule has 1 heterocycles. The standard InChI is InChI=1S/C9H7NO2/c1-7-6-10-5-4-8(7)2-3-9(11)12/h4-6H,1H3,(H,11,12). The fraction of sp³-hybridized carbons (Fsp3) is 0.111. The molecule has 1 aromatic heterocycles. The molecule has 0 radical (unpaired) electrons. The molecule has 1 rings (SSSR count). The van der Waals surface area contributed by atoms with E-state index < -0.39 is 5.97 Å². The Kier molecular flexibility index (Phi) is 2.44. The lowest BCUT2D eigenvalue weighted by Crippen LogP contribution is -1.88. The van der Waals surface area contributed by atoms with Crippen LogP contribution in [0.4, 0.5) is 0 Å². The molecule has 3 heteroatoms. The van der Waals surface area contributed by atoms with Crippen LogP contribution in [0.25, 0.3) is 0 Å². The van der Waals surface area contributed by atoms with Crippen molar-refractivity contribution in [1.82, 2.24) is 4.98 Å². The molecule has 0 spiro atoms. The van der Waals surface area contributed by atoms with E-state index in [9.17, 15) is 4.79 Å². The number of aryl methyl sites for hydroxylation is 1. The van der Waals surface area contributed by atoms with Crippen molar-refractivity contribution in [2.75, 3.05) is 0 Å². The van der Waals surface area contributed by atoms with Gasteiger partial charge in [0.2, 0.25) is 0 Å². The lowest BCUT2D eigenvalue weighted by molar-refractivity contribution is -0.130. The van der Waals surface area contributed by atoms with E-state index in [0.29, 0.717) is 5.56 Å². The monoisotopic (exact) mass is 161 g/mol. The van der Waals surface area contributed by atoms with Gasteiger partial charge in [-0.05, 0) is 18.6 Å². The van der Waals surface area contributed by atoms with E-state index in [1.807, 2.05) is 12.8 Å². The Morgan fingerprint density at radius 3 is 3.00 bits per heavy atom. The number of hydrogen-bond donors (Lipinski definition) is 1. The third-order valence-electron chi connectivity index (χ3n) is 1.32. The summed E-state index contributed by atoms with van der Waals surface area (Å²) in [4.78, 5) is 14.0. The molecule has 0 unspecified atom stereocenters. The summed E-state index contributed by atoms with van der Waals surface area (Å²) in [6, 6.07) is 1.69. The predicted octanol–water partition coefficient (Wildman–Crippen LogP) is 0.826. The van der Waals surface area contributed by atoms with E-state index in [1.54, 1.807) is 18.5 Å². The summed E-state index contributed by atoms with van der Waals surface area (Å²) in [5.74, 6) is 3.45. The molecule has 1 aromatic rings. The van der Waals surface area contributed by atoms with Crippen molar-refractivity contribution >= 4 is 5.97 Å². The maximum Gasteiger partial charge on any atom is 0.382 e. The Hall–Kier alpha value is -1.82. The van der Waals surface area contributed by atoms with Gasteiger partial charge in [0.15, 0.2) is 0 Å². The van der Waals surface area contributed by atoms with Crippen LogP contribution in [0.15, 0.2) is 18.5 Å². The number of carbonyl (C=O) groups is 1. The van der Waals surface area contributed by atoms with Crippen molar-refractivity contribution in [3.8, 4) is 11.8 Å². The smallest absolute Gasteiger partial charge is 0.382 e. The van der Waals surface area contributed by atoms with Crippen LogP contribution in [0.3, 0.4) is 0 Å². The van der Waals surface area contributed by atoms with E-state index in [-0.39, 0.29) is 0 Å². The summed E-state index contributed by atoms with van der Waals surface area (Å²) in [5.41, 5.74) is 1.58. The van der Waals surface area contributed by atoms with Gasteiger partial charge in [0.25, 0.3) is 0 Å². The molecule has 0 aliphatic rings. The normalized spacial score (nSPS) is 8.42. The summed E-state index contributed by atoms with van der Waals surface area (Å²) in [6.45, 7) is 1.83. The number of nitrogens with zero attached hydrogens (tertiary/aromatic N) is 1. The van der Waals surface area contributed by atoms with Crippen LogP contribution in [-0.2, 0) is 4.79 Å². The van der Waals surface area contributed by atoms with Gasteiger partial charge in [-0.3, -0.25) is 4.98 Å². The summed E-state index contributed by atoms with van der Waals surface area (Å²) >= 11 is 0. The first-order chi connectivity index (χ1) is 5.70. The van der Waals surface area contributed by atoms with Gasteiger partial charge in [0.1, 0.15) is 0 Å². The molecule has 0 fully saturated rings. The predicted molar refractivity (Wildman–Crippen MR) is 43.5 cm³/mol. The SMILES string of the molecule is Cc1cnccc1C#CC(=O)O. The van der Waals surface area contributed by atoms with E-state index in [2.05, 4.69) is 10.9 Å². The molecular formula is C9H7NO2. The maximum absolute atomic E-state index is 10.1. The lowest BCUT2D eigenvalue weighted by atomic mass is 10.2. The summed E-state index contributed by atoms with van der Waals surface area (Å²) in [5, 5.41) is 8.28. The van der Waals surface area contributed by atoms with Crippen LogP contribution in [0.5, 0.6) is 0 Å². The summed E-state index contributed by atoms with van der Waals surface area (Å²) in [7, 11) is 0. The third-order valence-corrected chi connectivity index (χ3v) is 1.32. The molecule has 0 atom stereocenters. The van der Waals surface area contributed by atoms with Crippen LogP contribution < -0.4 is 0 Å². The molecule has 0 aliphatic carbocycles. The molecule has 1 N–H and O–H groups in total. The van der Waals surface area contributed by atoms with E-state index in [4.69, 9.17) is 5.11 Å². The Morgan fingerprint density at radius 1 is 1.67 bits per heavy atom. The number of pyridine rings is 1. The molecule has 3 nitrogen and oxygen atoms in total. The lowest BCUT2D eigenvalue weighted by Gasteiger charge is -1.92. The van der Waals surface area contributed by atoms with Crippen LogP contribution in [-0.4, -0.2) is 16.1 Å². The molecule has 12 heavy (non-hydrogen) atoms. The molecular weight excluding hydrogens is 154 g/mol. The van der Waals surface area contributed by atoms with Gasteiger partial charge in [0.05, 0.1) is 0 Å². The number of carboxylic acids is 1. The van der Waals surface area contributed by atoms with Crippen molar-refractivity contribution in [3.63, 3.8) is 0 Å². The number of rotatable bonds is 0. The Labute approximate surface area is 70.1 Å². The summed E-state index contributed by atoms with van der Waals surface area (Å²) < 4.78 is 0. The average Bonchev–Trinajstić information content (AvgIpc) is 2.03. The van der Waals surface area contributed by atoms with Gasteiger partial charge in [-0.2, -0.15) is 0 Å². The molecule has 0 saturated heterocycles. The largest absolute Gasteiger partial charge is 0.472 e. The van der Waals surface area contributed by atoms with Gasteiger partial charge < -0.3 is 5.11 Å². The van der Waals surface area contributed by atoms with Gasteiger partial charge in [0, 0.05) is 23.9 Å². The van der Waals surface area contributed by atoms with Crippen molar-refractivity contribution in [2.24, 2.45) is 0 Å². The molecule has 0 saturated carbocycles. The first-order valence-electron chi connectivity index (χ1n) is 3.35. The zero-order valence-corrected chi connectivity index (χ0v) is 6.53. The van der Waals surface area contributed by atoms with Gasteiger partial charge in [-0.1, -0.05) is 5.92 Å². The van der Waals surface area contributed by atoms with Crippen molar-refractivity contribution < 1.29 is 9.90 Å². The highest BCUT2D eigenvalue weighted by Crippen LogP contribution is 2.01. The van der Waals surface area contributed by atoms with Gasteiger partial charge in [-0.15, -0.1) is 0 Å². The second kappa shape index (κ2) is 3.54. The van der Waals surface area contributed by atoms with Crippen LogP contribution >= 0.6 is 0 Å². The van der Waals surface area contributed by atoms with Crippen molar-refractivity contribution in [2.45, 2.75) is 6.92 Å². The van der Waals surface area contributed by atoms with Gasteiger partial charge >= 0.3 is 5.97 Å². The third kappa shape index (κ3) is 2.10. The minimum Gasteiger partial charge on any atom is -0.472 e. The average molecular weight is 161 g/mol. The second-order valence-electron chi connectivity index (χ2n) is 2.25. The first kappa shape index (κ1) is 8.28.